The molecule has 0 aromatic heterocycles. The summed E-state index contributed by atoms with van der Waals surface area (Å²) in [7, 11) is 0. The molecule has 3 rings (SSSR count). The van der Waals surface area contributed by atoms with Gasteiger partial charge in [0.25, 0.3) is 0 Å². The van der Waals surface area contributed by atoms with E-state index in [9.17, 15) is 0 Å². The maximum atomic E-state index is 6.12. The maximum Gasteiger partial charge on any atom is 0.106 e. The van der Waals surface area contributed by atoms with E-state index in [1.165, 1.54) is 75.3 Å². The van der Waals surface area contributed by atoms with Gasteiger partial charge in [0.05, 0.1) is 19.3 Å². The smallest absolute Gasteiger partial charge is 0.106 e. The van der Waals surface area contributed by atoms with Crippen LogP contribution in [0, 0.1) is 5.92 Å². The monoisotopic (exact) mass is 372 g/mol. The number of hydrogen-bond donors (Lipinski definition) is 0. The standard InChI is InChI=1S/C25H40O2/c1-3-5-7-9-24-18-27-25(19-26-24)23-16-14-22(15-17-23)21-12-10-20(11-13-21)8-6-4-2/h14-17,20-21,24-25H,3-13,18-19H2,1-2H3/t20?,21?,24-,25-/m0/s1. The minimum atomic E-state index is 0.117. The van der Waals surface area contributed by atoms with Gasteiger partial charge in [-0.1, -0.05) is 76.6 Å². The molecule has 152 valence electrons. The SMILES string of the molecule is CCCCC[C@H]1CO[C@H](c2ccc(C3CCC(CCCC)CC3)cc2)CO1. The highest BCUT2D eigenvalue weighted by atomic mass is 16.6. The molecule has 2 heteroatoms. The van der Waals surface area contributed by atoms with Crippen LogP contribution in [0.25, 0.3) is 0 Å². The molecule has 1 aliphatic carbocycles. The first-order valence-corrected chi connectivity index (χ1v) is 11.6. The summed E-state index contributed by atoms with van der Waals surface area (Å²) in [5, 5.41) is 0. The van der Waals surface area contributed by atoms with Crippen LogP contribution in [0.15, 0.2) is 24.3 Å². The zero-order chi connectivity index (χ0) is 18.9. The van der Waals surface area contributed by atoms with E-state index in [1.54, 1.807) is 0 Å². The van der Waals surface area contributed by atoms with Crippen molar-refractivity contribution in [2.24, 2.45) is 5.92 Å². The molecule has 0 amide bonds. The van der Waals surface area contributed by atoms with Gasteiger partial charge in [0, 0.05) is 0 Å². The van der Waals surface area contributed by atoms with E-state index in [0.29, 0.717) is 12.7 Å². The van der Waals surface area contributed by atoms with Gasteiger partial charge in [0.15, 0.2) is 0 Å². The van der Waals surface area contributed by atoms with Crippen molar-refractivity contribution in [3.63, 3.8) is 0 Å². The van der Waals surface area contributed by atoms with Crippen LogP contribution in [0.2, 0.25) is 0 Å². The van der Waals surface area contributed by atoms with E-state index in [4.69, 9.17) is 9.47 Å². The molecule has 0 radical (unpaired) electrons. The molecule has 1 saturated carbocycles. The van der Waals surface area contributed by atoms with Crippen LogP contribution in [0.1, 0.15) is 108 Å². The molecule has 1 saturated heterocycles. The zero-order valence-electron chi connectivity index (χ0n) is 17.6. The first kappa shape index (κ1) is 20.9. The summed E-state index contributed by atoms with van der Waals surface area (Å²) in [6.45, 7) is 6.01. The van der Waals surface area contributed by atoms with Crippen molar-refractivity contribution in [1.82, 2.24) is 0 Å². The fraction of sp³-hybridized carbons (Fsp3) is 0.760. The molecule has 0 spiro atoms. The maximum absolute atomic E-state index is 6.12. The Hall–Kier alpha value is -0.860. The van der Waals surface area contributed by atoms with Crippen molar-refractivity contribution in [3.8, 4) is 0 Å². The lowest BCUT2D eigenvalue weighted by atomic mass is 9.77. The van der Waals surface area contributed by atoms with Crippen molar-refractivity contribution < 1.29 is 9.47 Å². The van der Waals surface area contributed by atoms with Gasteiger partial charge in [-0.15, -0.1) is 0 Å². The van der Waals surface area contributed by atoms with Gasteiger partial charge in [-0.2, -0.15) is 0 Å². The summed E-state index contributed by atoms with van der Waals surface area (Å²) < 4.78 is 12.2. The first-order chi connectivity index (χ1) is 13.3. The highest BCUT2D eigenvalue weighted by Gasteiger charge is 2.25. The van der Waals surface area contributed by atoms with E-state index in [2.05, 4.69) is 38.1 Å². The Kier molecular flexibility index (Phi) is 8.67. The fourth-order valence-corrected chi connectivity index (χ4v) is 4.78. The summed E-state index contributed by atoms with van der Waals surface area (Å²) in [6, 6.07) is 9.26. The zero-order valence-corrected chi connectivity index (χ0v) is 17.6. The predicted molar refractivity (Wildman–Crippen MR) is 113 cm³/mol. The molecule has 2 aliphatic rings. The Labute approximate surface area is 167 Å². The largest absolute Gasteiger partial charge is 0.373 e. The summed E-state index contributed by atoms with van der Waals surface area (Å²) in [5.74, 6) is 1.75. The predicted octanol–water partition coefficient (Wildman–Crippen LogP) is 7.19. The van der Waals surface area contributed by atoms with E-state index in [-0.39, 0.29) is 6.10 Å². The van der Waals surface area contributed by atoms with Crippen molar-refractivity contribution in [2.45, 2.75) is 103 Å². The van der Waals surface area contributed by atoms with Gasteiger partial charge in [-0.25, -0.2) is 0 Å². The second-order valence-corrected chi connectivity index (χ2v) is 8.80. The third kappa shape index (κ3) is 6.32. The fourth-order valence-electron chi connectivity index (χ4n) is 4.78. The Morgan fingerprint density at radius 2 is 1.44 bits per heavy atom. The van der Waals surface area contributed by atoms with Gasteiger partial charge >= 0.3 is 0 Å². The van der Waals surface area contributed by atoms with E-state index in [1.807, 2.05) is 0 Å². The van der Waals surface area contributed by atoms with E-state index >= 15 is 0 Å². The van der Waals surface area contributed by atoms with Crippen LogP contribution < -0.4 is 0 Å². The highest BCUT2D eigenvalue weighted by Crippen LogP contribution is 2.38. The van der Waals surface area contributed by atoms with E-state index in [0.717, 1.165) is 24.9 Å². The molecule has 27 heavy (non-hydrogen) atoms. The van der Waals surface area contributed by atoms with Gasteiger partial charge in [-0.05, 0) is 55.1 Å². The normalized spacial score (nSPS) is 29.0. The number of benzene rings is 1. The van der Waals surface area contributed by atoms with Crippen molar-refractivity contribution in [2.75, 3.05) is 13.2 Å². The minimum absolute atomic E-state index is 0.117. The van der Waals surface area contributed by atoms with Gasteiger partial charge < -0.3 is 9.47 Å². The van der Waals surface area contributed by atoms with Gasteiger partial charge in [-0.3, -0.25) is 0 Å². The molecule has 2 nitrogen and oxygen atoms in total. The Balaban J connectivity index is 1.43. The molecule has 1 aliphatic heterocycles. The van der Waals surface area contributed by atoms with Crippen molar-refractivity contribution in [1.29, 1.82) is 0 Å². The van der Waals surface area contributed by atoms with Crippen LogP contribution in [0.5, 0.6) is 0 Å². The highest BCUT2D eigenvalue weighted by molar-refractivity contribution is 5.27. The Morgan fingerprint density at radius 1 is 0.741 bits per heavy atom. The second-order valence-electron chi connectivity index (χ2n) is 8.80. The Bertz CT molecular complexity index is 508. The summed E-state index contributed by atoms with van der Waals surface area (Å²) in [4.78, 5) is 0. The second kappa shape index (κ2) is 11.2. The molecular formula is C25H40O2. The van der Waals surface area contributed by atoms with Crippen molar-refractivity contribution >= 4 is 0 Å². The molecule has 1 aromatic rings. The van der Waals surface area contributed by atoms with Gasteiger partial charge in [0.1, 0.15) is 6.10 Å². The van der Waals surface area contributed by atoms with Crippen LogP contribution in [0.4, 0.5) is 0 Å². The first-order valence-electron chi connectivity index (χ1n) is 11.6. The molecule has 0 unspecified atom stereocenters. The van der Waals surface area contributed by atoms with E-state index < -0.39 is 0 Å². The lowest BCUT2D eigenvalue weighted by Crippen LogP contribution is -2.31. The van der Waals surface area contributed by atoms with Gasteiger partial charge in [0.2, 0.25) is 0 Å². The third-order valence-electron chi connectivity index (χ3n) is 6.69. The number of ether oxygens (including phenoxy) is 2. The van der Waals surface area contributed by atoms with Crippen LogP contribution >= 0.6 is 0 Å². The number of unbranched alkanes of at least 4 members (excludes halogenated alkanes) is 3. The van der Waals surface area contributed by atoms with Crippen LogP contribution in [-0.2, 0) is 9.47 Å². The molecule has 2 atom stereocenters. The average Bonchev–Trinajstić information content (AvgIpc) is 2.73. The van der Waals surface area contributed by atoms with Crippen LogP contribution in [-0.4, -0.2) is 19.3 Å². The number of hydrogen-bond acceptors (Lipinski definition) is 2. The lowest BCUT2D eigenvalue weighted by molar-refractivity contribution is -0.137. The number of rotatable bonds is 9. The molecule has 1 heterocycles. The van der Waals surface area contributed by atoms with Crippen molar-refractivity contribution in [3.05, 3.63) is 35.4 Å². The lowest BCUT2D eigenvalue weighted by Gasteiger charge is -2.31. The quantitative estimate of drug-likeness (QED) is 0.427. The molecule has 2 fully saturated rings. The summed E-state index contributed by atoms with van der Waals surface area (Å²) in [6.07, 6.45) is 15.2. The average molecular weight is 373 g/mol. The molecule has 0 N–H and O–H groups in total. The Morgan fingerprint density at radius 3 is 2.07 bits per heavy atom. The topological polar surface area (TPSA) is 18.5 Å². The third-order valence-corrected chi connectivity index (χ3v) is 6.69. The minimum Gasteiger partial charge on any atom is -0.373 e. The molecule has 1 aromatic carbocycles. The van der Waals surface area contributed by atoms with Crippen LogP contribution in [0.3, 0.4) is 0 Å². The summed E-state index contributed by atoms with van der Waals surface area (Å²) in [5.41, 5.74) is 2.81. The molecule has 0 bridgehead atoms. The summed E-state index contributed by atoms with van der Waals surface area (Å²) >= 11 is 0. The molecular weight excluding hydrogens is 332 g/mol.